The number of ketones is 1. The average Bonchev–Trinajstić information content (AvgIpc) is 2.84. The maximum atomic E-state index is 13.3. The molecular weight excluding hydrogens is 432 g/mol. The number of carbonyl (C=O) groups excluding carboxylic acids is 1. The van der Waals surface area contributed by atoms with Crippen molar-refractivity contribution in [2.24, 2.45) is 5.92 Å². The molecule has 0 spiro atoms. The molecule has 2 aromatic carbocycles. The third kappa shape index (κ3) is 4.24. The van der Waals surface area contributed by atoms with Crippen molar-refractivity contribution in [3.05, 3.63) is 47.5 Å². The number of rotatable bonds is 6. The number of aliphatic hydroxyl groups excluding tert-OH is 4. The SMILES string of the molecule is COc1cc(OC2CC(CO)C(O)C(O)C2O)c2c(c1OC)OC(c1ccccc1)CC2=O. The Bertz CT molecular complexity index is 991. The first-order valence-electron chi connectivity index (χ1n) is 10.7. The number of benzene rings is 2. The summed E-state index contributed by atoms with van der Waals surface area (Å²) in [6, 6.07) is 10.8. The van der Waals surface area contributed by atoms with Crippen molar-refractivity contribution in [2.45, 2.75) is 43.4 Å². The Labute approximate surface area is 191 Å². The minimum Gasteiger partial charge on any atom is -0.493 e. The van der Waals surface area contributed by atoms with Crippen LogP contribution in [0.3, 0.4) is 0 Å². The van der Waals surface area contributed by atoms with Crippen LogP contribution in [0.2, 0.25) is 0 Å². The predicted octanol–water partition coefficient (Wildman–Crippen LogP) is 1.25. The quantitative estimate of drug-likeness (QED) is 0.502. The van der Waals surface area contributed by atoms with E-state index in [4.69, 9.17) is 18.9 Å². The van der Waals surface area contributed by atoms with Gasteiger partial charge in [0, 0.05) is 18.6 Å². The van der Waals surface area contributed by atoms with Gasteiger partial charge in [-0.25, -0.2) is 0 Å². The van der Waals surface area contributed by atoms with Gasteiger partial charge in [0.15, 0.2) is 17.3 Å². The zero-order chi connectivity index (χ0) is 23.7. The van der Waals surface area contributed by atoms with Gasteiger partial charge >= 0.3 is 0 Å². The molecule has 4 N–H and O–H groups in total. The number of carbonyl (C=O) groups is 1. The maximum Gasteiger partial charge on any atom is 0.204 e. The molecule has 2 aliphatic rings. The summed E-state index contributed by atoms with van der Waals surface area (Å²) >= 11 is 0. The van der Waals surface area contributed by atoms with Gasteiger partial charge in [-0.1, -0.05) is 30.3 Å². The van der Waals surface area contributed by atoms with Crippen molar-refractivity contribution < 1.29 is 44.2 Å². The fourth-order valence-corrected chi connectivity index (χ4v) is 4.46. The van der Waals surface area contributed by atoms with E-state index in [-0.39, 0.29) is 47.2 Å². The summed E-state index contributed by atoms with van der Waals surface area (Å²) in [6.07, 6.45) is -5.61. The van der Waals surface area contributed by atoms with Crippen molar-refractivity contribution in [1.29, 1.82) is 0 Å². The van der Waals surface area contributed by atoms with Crippen LogP contribution in [0, 0.1) is 5.92 Å². The van der Waals surface area contributed by atoms with Crippen molar-refractivity contribution in [3.63, 3.8) is 0 Å². The van der Waals surface area contributed by atoms with E-state index in [1.165, 1.54) is 20.3 Å². The standard InChI is InChI=1S/C24H28O9/c1-30-18-10-16(32-17-8-13(11-25)20(27)22(29)21(17)28)19-14(26)9-15(12-6-4-3-5-7-12)33-24(19)23(18)31-2/h3-7,10,13,15,17,20-22,25,27-29H,8-9,11H2,1-2H3. The van der Waals surface area contributed by atoms with Gasteiger partial charge in [0.2, 0.25) is 5.75 Å². The Balaban J connectivity index is 1.74. The average molecular weight is 460 g/mol. The van der Waals surface area contributed by atoms with E-state index in [1.54, 1.807) is 0 Å². The van der Waals surface area contributed by atoms with Gasteiger partial charge < -0.3 is 39.4 Å². The lowest BCUT2D eigenvalue weighted by Gasteiger charge is -2.40. The molecule has 1 saturated carbocycles. The normalized spacial score (nSPS) is 29.1. The van der Waals surface area contributed by atoms with E-state index in [9.17, 15) is 25.2 Å². The molecule has 6 atom stereocenters. The van der Waals surface area contributed by atoms with Gasteiger partial charge in [-0.2, -0.15) is 0 Å². The van der Waals surface area contributed by atoms with Gasteiger partial charge in [0.25, 0.3) is 0 Å². The summed E-state index contributed by atoms with van der Waals surface area (Å²) < 4.78 is 23.1. The Kier molecular flexibility index (Phi) is 6.76. The highest BCUT2D eigenvalue weighted by Gasteiger charge is 2.44. The fraction of sp³-hybridized carbons (Fsp3) is 0.458. The van der Waals surface area contributed by atoms with E-state index in [2.05, 4.69) is 0 Å². The smallest absolute Gasteiger partial charge is 0.204 e. The molecule has 0 aromatic heterocycles. The second-order valence-electron chi connectivity index (χ2n) is 8.27. The van der Waals surface area contributed by atoms with Crippen LogP contribution in [-0.2, 0) is 0 Å². The van der Waals surface area contributed by atoms with Gasteiger partial charge in [-0.3, -0.25) is 4.79 Å². The summed E-state index contributed by atoms with van der Waals surface area (Å²) in [5.41, 5.74) is 0.975. The predicted molar refractivity (Wildman–Crippen MR) is 116 cm³/mol. The lowest BCUT2D eigenvalue weighted by Crippen LogP contribution is -2.56. The molecule has 0 bridgehead atoms. The zero-order valence-corrected chi connectivity index (χ0v) is 18.4. The van der Waals surface area contributed by atoms with E-state index in [1.807, 2.05) is 30.3 Å². The van der Waals surface area contributed by atoms with Crippen molar-refractivity contribution in [2.75, 3.05) is 20.8 Å². The molecule has 0 amide bonds. The van der Waals surface area contributed by atoms with Crippen LogP contribution >= 0.6 is 0 Å². The van der Waals surface area contributed by atoms with Gasteiger partial charge in [-0.05, 0) is 12.0 Å². The molecular formula is C24H28O9. The largest absolute Gasteiger partial charge is 0.493 e. The number of fused-ring (bicyclic) bond motifs is 1. The van der Waals surface area contributed by atoms with Crippen LogP contribution in [-0.4, -0.2) is 71.5 Å². The van der Waals surface area contributed by atoms with Crippen LogP contribution < -0.4 is 18.9 Å². The molecule has 33 heavy (non-hydrogen) atoms. The fourth-order valence-electron chi connectivity index (χ4n) is 4.46. The zero-order valence-electron chi connectivity index (χ0n) is 18.4. The third-order valence-corrected chi connectivity index (χ3v) is 6.28. The van der Waals surface area contributed by atoms with Crippen molar-refractivity contribution in [1.82, 2.24) is 0 Å². The molecule has 9 nitrogen and oxygen atoms in total. The first-order chi connectivity index (χ1) is 15.9. The topological polar surface area (TPSA) is 135 Å². The number of hydrogen-bond donors (Lipinski definition) is 4. The molecule has 1 aliphatic carbocycles. The van der Waals surface area contributed by atoms with Crippen molar-refractivity contribution >= 4 is 5.78 Å². The number of methoxy groups -OCH3 is 2. The number of ether oxygens (including phenoxy) is 4. The summed E-state index contributed by atoms with van der Waals surface area (Å²) in [5, 5.41) is 40.3. The molecule has 4 rings (SSSR count). The Morgan fingerprint density at radius 3 is 2.36 bits per heavy atom. The molecule has 0 radical (unpaired) electrons. The summed E-state index contributed by atoms with van der Waals surface area (Å²) in [6.45, 7) is -0.393. The van der Waals surface area contributed by atoms with Gasteiger partial charge in [0.05, 0.1) is 26.7 Å². The summed E-state index contributed by atoms with van der Waals surface area (Å²) in [5.74, 6) is -0.173. The van der Waals surface area contributed by atoms with Crippen molar-refractivity contribution in [3.8, 4) is 23.0 Å². The lowest BCUT2D eigenvalue weighted by molar-refractivity contribution is -0.157. The minimum absolute atomic E-state index is 0.0662. The number of aliphatic hydroxyl groups is 4. The summed E-state index contributed by atoms with van der Waals surface area (Å²) in [7, 11) is 2.87. The molecule has 178 valence electrons. The first kappa shape index (κ1) is 23.3. The second kappa shape index (κ2) is 9.56. The van der Waals surface area contributed by atoms with Gasteiger partial charge in [-0.15, -0.1) is 0 Å². The monoisotopic (exact) mass is 460 g/mol. The highest BCUT2D eigenvalue weighted by molar-refractivity contribution is 6.04. The lowest BCUT2D eigenvalue weighted by atomic mass is 9.81. The first-order valence-corrected chi connectivity index (χ1v) is 10.7. The minimum atomic E-state index is -1.51. The molecule has 9 heteroatoms. The molecule has 1 fully saturated rings. The van der Waals surface area contributed by atoms with Crippen LogP contribution in [0.4, 0.5) is 0 Å². The van der Waals surface area contributed by atoms with Crippen LogP contribution in [0.5, 0.6) is 23.0 Å². The molecule has 6 unspecified atom stereocenters. The Morgan fingerprint density at radius 1 is 1.00 bits per heavy atom. The third-order valence-electron chi connectivity index (χ3n) is 6.28. The molecule has 2 aromatic rings. The number of Topliss-reactive ketones (excluding diaryl/α,β-unsaturated/α-hetero) is 1. The van der Waals surface area contributed by atoms with Crippen LogP contribution in [0.25, 0.3) is 0 Å². The molecule has 1 heterocycles. The highest BCUT2D eigenvalue weighted by atomic mass is 16.5. The second-order valence-corrected chi connectivity index (χ2v) is 8.27. The molecule has 1 aliphatic heterocycles. The van der Waals surface area contributed by atoms with E-state index < -0.39 is 43.0 Å². The van der Waals surface area contributed by atoms with Crippen LogP contribution in [0.1, 0.15) is 34.9 Å². The van der Waals surface area contributed by atoms with Gasteiger partial charge in [0.1, 0.15) is 35.7 Å². The van der Waals surface area contributed by atoms with E-state index in [0.29, 0.717) is 0 Å². The Hall–Kier alpha value is -2.85. The maximum absolute atomic E-state index is 13.3. The Morgan fingerprint density at radius 2 is 1.73 bits per heavy atom. The summed E-state index contributed by atoms with van der Waals surface area (Å²) in [4.78, 5) is 13.3. The highest BCUT2D eigenvalue weighted by Crippen LogP contribution is 2.50. The van der Waals surface area contributed by atoms with E-state index >= 15 is 0 Å². The van der Waals surface area contributed by atoms with E-state index in [0.717, 1.165) is 5.56 Å². The van der Waals surface area contributed by atoms with Crippen LogP contribution in [0.15, 0.2) is 36.4 Å². The number of hydrogen-bond acceptors (Lipinski definition) is 9. The molecule has 0 saturated heterocycles.